The number of rotatable bonds is 6. The van der Waals surface area contributed by atoms with Crippen molar-refractivity contribution in [3.05, 3.63) is 112 Å². The topological polar surface area (TPSA) is 113 Å². The Bertz CT molecular complexity index is 1720. The number of fused-ring (bicyclic) bond motifs is 2. The van der Waals surface area contributed by atoms with Crippen molar-refractivity contribution in [2.45, 2.75) is 31.1 Å². The number of nitrogens with one attached hydrogen (secondary N) is 3. The Hall–Kier alpha value is -4.93. The highest BCUT2D eigenvalue weighted by atomic mass is 19.4. The molecule has 1 amide bonds. The van der Waals surface area contributed by atoms with Crippen LogP contribution in [0, 0.1) is 0 Å². The Balaban J connectivity index is 1.15. The number of carbonyl (C=O) groups is 1. The maximum atomic E-state index is 14.0. The zero-order chi connectivity index (χ0) is 27.9. The molecule has 1 aliphatic rings. The zero-order valence-electron chi connectivity index (χ0n) is 20.8. The summed E-state index contributed by atoms with van der Waals surface area (Å²) >= 11 is 0. The smallest absolute Gasteiger partial charge is 0.408 e. The standard InChI is InChI=1S/C29H22F3N5O3/c30-29(31,32)25(37-26(38)20-9-10-23-24(13-20)40-28(39)36-23)17-7-5-16(6-8-17)21-14-33-27(34-15-21)35-22-11-18-3-1-2-4-19(18)12-22/h1-10,13-15,22,25H,11-12H2,(H,36,39)(H,37,38)(H,33,34,35)/t25-/m1/s1. The molecule has 0 unspecified atom stereocenters. The van der Waals surface area contributed by atoms with Crippen molar-refractivity contribution >= 4 is 23.0 Å². The summed E-state index contributed by atoms with van der Waals surface area (Å²) in [6, 6.07) is 15.8. The minimum atomic E-state index is -4.75. The number of H-pyrrole nitrogens is 1. The van der Waals surface area contributed by atoms with Crippen molar-refractivity contribution in [3.8, 4) is 11.1 Å². The van der Waals surface area contributed by atoms with Gasteiger partial charge in [-0.2, -0.15) is 13.2 Å². The van der Waals surface area contributed by atoms with E-state index < -0.39 is 23.9 Å². The van der Waals surface area contributed by atoms with Gasteiger partial charge in [0, 0.05) is 29.6 Å². The van der Waals surface area contributed by atoms with Crippen LogP contribution in [0.1, 0.15) is 33.1 Å². The van der Waals surface area contributed by atoms with Crippen LogP contribution in [-0.2, 0) is 12.8 Å². The summed E-state index contributed by atoms with van der Waals surface area (Å²) in [7, 11) is 0. The van der Waals surface area contributed by atoms with E-state index in [0.29, 0.717) is 22.6 Å². The van der Waals surface area contributed by atoms with Gasteiger partial charge in [0.1, 0.15) is 0 Å². The van der Waals surface area contributed by atoms with Crippen LogP contribution in [0.15, 0.2) is 88.3 Å². The molecule has 2 aromatic heterocycles. The van der Waals surface area contributed by atoms with E-state index in [1.54, 1.807) is 12.4 Å². The van der Waals surface area contributed by atoms with Crippen molar-refractivity contribution in [3.63, 3.8) is 0 Å². The first kappa shape index (κ1) is 25.4. The van der Waals surface area contributed by atoms with E-state index in [1.165, 1.54) is 53.6 Å². The van der Waals surface area contributed by atoms with Gasteiger partial charge in [0.25, 0.3) is 5.91 Å². The maximum absolute atomic E-state index is 14.0. The molecule has 3 N–H and O–H groups in total. The van der Waals surface area contributed by atoms with Crippen molar-refractivity contribution in [2.75, 3.05) is 5.32 Å². The van der Waals surface area contributed by atoms with Gasteiger partial charge in [-0.1, -0.05) is 48.5 Å². The van der Waals surface area contributed by atoms with Gasteiger partial charge in [-0.15, -0.1) is 0 Å². The first-order chi connectivity index (χ1) is 19.2. The molecule has 8 nitrogen and oxygen atoms in total. The second-order valence-corrected chi connectivity index (χ2v) is 9.61. The number of nitrogens with zero attached hydrogens (tertiary/aromatic N) is 2. The number of hydrogen-bond acceptors (Lipinski definition) is 6. The van der Waals surface area contributed by atoms with Gasteiger partial charge in [0.05, 0.1) is 5.52 Å². The molecule has 0 saturated carbocycles. The molecule has 0 fully saturated rings. The van der Waals surface area contributed by atoms with Crippen molar-refractivity contribution in [1.82, 2.24) is 20.3 Å². The minimum absolute atomic E-state index is 0.0716. The van der Waals surface area contributed by atoms with E-state index in [1.807, 2.05) is 17.4 Å². The van der Waals surface area contributed by atoms with E-state index in [-0.39, 0.29) is 22.8 Å². The van der Waals surface area contributed by atoms with Crippen LogP contribution >= 0.6 is 0 Å². The largest absolute Gasteiger partial charge is 0.417 e. The summed E-state index contributed by atoms with van der Waals surface area (Å²) < 4.78 is 46.8. The highest BCUT2D eigenvalue weighted by molar-refractivity contribution is 5.97. The van der Waals surface area contributed by atoms with Crippen LogP contribution < -0.4 is 16.4 Å². The summed E-state index contributed by atoms with van der Waals surface area (Å²) in [6.07, 6.45) is 0.252. The number of carbonyl (C=O) groups excluding carboxylic acids is 1. The fourth-order valence-electron chi connectivity index (χ4n) is 4.92. The average Bonchev–Trinajstić information content (AvgIpc) is 3.52. The quantitative estimate of drug-likeness (QED) is 0.271. The first-order valence-electron chi connectivity index (χ1n) is 12.5. The number of benzene rings is 3. The van der Waals surface area contributed by atoms with Gasteiger partial charge >= 0.3 is 11.9 Å². The summed E-state index contributed by atoms with van der Waals surface area (Å²) in [5.41, 5.74) is 4.07. The van der Waals surface area contributed by atoms with E-state index >= 15 is 0 Å². The van der Waals surface area contributed by atoms with Crippen LogP contribution in [0.4, 0.5) is 19.1 Å². The molecule has 202 valence electrons. The molecule has 0 spiro atoms. The Labute approximate surface area is 225 Å². The second kappa shape index (κ2) is 9.99. The van der Waals surface area contributed by atoms with E-state index in [0.717, 1.165) is 12.8 Å². The lowest BCUT2D eigenvalue weighted by molar-refractivity contribution is -0.155. The number of aromatic amines is 1. The summed E-state index contributed by atoms with van der Waals surface area (Å²) in [5, 5.41) is 5.38. The second-order valence-electron chi connectivity index (χ2n) is 9.61. The number of alkyl halides is 3. The number of oxazole rings is 1. The van der Waals surface area contributed by atoms with Crippen molar-refractivity contribution in [1.29, 1.82) is 0 Å². The van der Waals surface area contributed by atoms with Crippen LogP contribution in [0.3, 0.4) is 0 Å². The number of anilines is 1. The Morgan fingerprint density at radius 1 is 0.950 bits per heavy atom. The summed E-state index contributed by atoms with van der Waals surface area (Å²) in [6.45, 7) is 0. The normalized spacial score (nSPS) is 14.2. The molecule has 0 radical (unpaired) electrons. The molecule has 3 aromatic carbocycles. The van der Waals surface area contributed by atoms with Gasteiger partial charge in [-0.3, -0.25) is 9.78 Å². The van der Waals surface area contributed by atoms with E-state index in [2.05, 4.69) is 32.4 Å². The van der Waals surface area contributed by atoms with Gasteiger partial charge in [-0.05, 0) is 53.3 Å². The molecule has 1 atom stereocenters. The average molecular weight is 546 g/mol. The number of aromatic nitrogens is 3. The molecule has 6 rings (SSSR count). The number of hydrogen-bond donors (Lipinski definition) is 3. The lowest BCUT2D eigenvalue weighted by Gasteiger charge is -2.22. The lowest BCUT2D eigenvalue weighted by Crippen LogP contribution is -2.38. The van der Waals surface area contributed by atoms with Crippen LogP contribution in [0.25, 0.3) is 22.2 Å². The molecule has 0 aliphatic heterocycles. The minimum Gasteiger partial charge on any atom is -0.408 e. The third-order valence-corrected chi connectivity index (χ3v) is 6.90. The van der Waals surface area contributed by atoms with Crippen LogP contribution in [-0.4, -0.2) is 33.1 Å². The number of halogens is 3. The zero-order valence-corrected chi connectivity index (χ0v) is 20.8. The molecule has 1 aliphatic carbocycles. The van der Waals surface area contributed by atoms with Crippen molar-refractivity contribution < 1.29 is 22.4 Å². The first-order valence-corrected chi connectivity index (χ1v) is 12.5. The van der Waals surface area contributed by atoms with Crippen LogP contribution in [0.5, 0.6) is 0 Å². The van der Waals surface area contributed by atoms with Gasteiger partial charge in [-0.25, -0.2) is 14.8 Å². The Morgan fingerprint density at radius 3 is 2.27 bits per heavy atom. The molecule has 11 heteroatoms. The highest BCUT2D eigenvalue weighted by Gasteiger charge is 2.42. The Morgan fingerprint density at radius 2 is 1.62 bits per heavy atom. The van der Waals surface area contributed by atoms with Gasteiger partial charge < -0.3 is 15.1 Å². The van der Waals surface area contributed by atoms with E-state index in [9.17, 15) is 22.8 Å². The third-order valence-electron chi connectivity index (χ3n) is 6.90. The lowest BCUT2D eigenvalue weighted by atomic mass is 10.0. The summed E-state index contributed by atoms with van der Waals surface area (Å²) in [5.74, 6) is -1.20. The van der Waals surface area contributed by atoms with Crippen LogP contribution in [0.2, 0.25) is 0 Å². The molecular formula is C29H22F3N5O3. The predicted octanol–water partition coefficient (Wildman–Crippen LogP) is 5.19. The molecule has 0 saturated heterocycles. The molecular weight excluding hydrogens is 523 g/mol. The Kier molecular flexibility index (Phi) is 6.33. The maximum Gasteiger partial charge on any atom is 0.417 e. The molecule has 2 heterocycles. The van der Waals surface area contributed by atoms with Gasteiger partial charge in [0.2, 0.25) is 5.95 Å². The number of amides is 1. The monoisotopic (exact) mass is 545 g/mol. The predicted molar refractivity (Wildman–Crippen MR) is 142 cm³/mol. The highest BCUT2D eigenvalue weighted by Crippen LogP contribution is 2.34. The molecule has 0 bridgehead atoms. The van der Waals surface area contributed by atoms with E-state index in [4.69, 9.17) is 4.42 Å². The third kappa shape index (κ3) is 5.18. The summed E-state index contributed by atoms with van der Waals surface area (Å²) in [4.78, 5) is 35.2. The van der Waals surface area contributed by atoms with Gasteiger partial charge in [0.15, 0.2) is 11.6 Å². The SMILES string of the molecule is O=C(N[C@H](c1ccc(-c2cnc(NC3Cc4ccccc4C3)nc2)cc1)C(F)(F)F)c1ccc2[nH]c(=O)oc2c1. The molecule has 40 heavy (non-hydrogen) atoms. The fraction of sp³-hybridized carbons (Fsp3) is 0.172. The molecule has 5 aromatic rings. The van der Waals surface area contributed by atoms with Crippen molar-refractivity contribution in [2.24, 2.45) is 0 Å². The fourth-order valence-corrected chi connectivity index (χ4v) is 4.92.